The van der Waals surface area contributed by atoms with Gasteiger partial charge in [-0.25, -0.2) is 4.98 Å². The van der Waals surface area contributed by atoms with Crippen molar-refractivity contribution in [3.63, 3.8) is 0 Å². The van der Waals surface area contributed by atoms with Gasteiger partial charge in [0, 0.05) is 17.6 Å². The number of rotatable bonds is 7. The molecular weight excluding hydrogens is 465 g/mol. The van der Waals surface area contributed by atoms with E-state index in [1.165, 1.54) is 0 Å². The Kier molecular flexibility index (Phi) is 8.31. The number of aliphatic imine (C=N–C) groups is 1. The lowest BCUT2D eigenvalue weighted by atomic mass is 10.2. The Hall–Kier alpha value is -2.55. The molecule has 3 aromatic rings. The number of hydrogen-bond acceptors (Lipinski definition) is 4. The van der Waals surface area contributed by atoms with E-state index in [2.05, 4.69) is 26.7 Å². The van der Waals surface area contributed by atoms with Gasteiger partial charge in [-0.3, -0.25) is 4.99 Å². The zero-order valence-electron chi connectivity index (χ0n) is 16.1. The van der Waals surface area contributed by atoms with Crippen molar-refractivity contribution in [2.75, 3.05) is 23.7 Å². The molecule has 7 heteroatoms. The maximum Gasteiger partial charge on any atom is 0.193 e. The van der Waals surface area contributed by atoms with Gasteiger partial charge in [0.05, 0.1) is 18.2 Å². The number of anilines is 2. The Morgan fingerprint density at radius 2 is 1.82 bits per heavy atom. The molecule has 6 nitrogen and oxygen atoms in total. The minimum atomic E-state index is 0. The second kappa shape index (κ2) is 10.7. The predicted octanol–water partition coefficient (Wildman–Crippen LogP) is 4.48. The van der Waals surface area contributed by atoms with Gasteiger partial charge in [0.1, 0.15) is 11.6 Å². The summed E-state index contributed by atoms with van der Waals surface area (Å²) >= 11 is 0. The normalized spacial score (nSPS) is 11.2. The Balaban J connectivity index is 0.00000280. The van der Waals surface area contributed by atoms with Crippen LogP contribution in [0.15, 0.2) is 65.7 Å². The van der Waals surface area contributed by atoms with Gasteiger partial charge in [-0.15, -0.1) is 24.0 Å². The van der Waals surface area contributed by atoms with Crippen LogP contribution in [0.5, 0.6) is 5.75 Å². The fourth-order valence-electron chi connectivity index (χ4n) is 2.60. The number of ether oxygens (including phenoxy) is 1. The second-order valence-electron chi connectivity index (χ2n) is 6.40. The van der Waals surface area contributed by atoms with Crippen LogP contribution < -0.4 is 21.1 Å². The molecule has 28 heavy (non-hydrogen) atoms. The summed E-state index contributed by atoms with van der Waals surface area (Å²) in [6.07, 6.45) is 0.153. The number of halogens is 1. The zero-order chi connectivity index (χ0) is 19.1. The fraction of sp³-hybridized carbons (Fsp3) is 0.238. The first-order chi connectivity index (χ1) is 13.1. The molecule has 0 radical (unpaired) electrons. The van der Waals surface area contributed by atoms with Gasteiger partial charge in [0.25, 0.3) is 0 Å². The lowest BCUT2D eigenvalue weighted by Gasteiger charge is -2.11. The Morgan fingerprint density at radius 3 is 2.57 bits per heavy atom. The summed E-state index contributed by atoms with van der Waals surface area (Å²) in [5, 5.41) is 7.46. The molecule has 0 amide bonds. The van der Waals surface area contributed by atoms with E-state index in [0.717, 1.165) is 28.2 Å². The molecule has 0 spiro atoms. The quantitative estimate of drug-likeness (QED) is 0.197. The van der Waals surface area contributed by atoms with E-state index in [4.69, 9.17) is 10.5 Å². The van der Waals surface area contributed by atoms with E-state index in [0.29, 0.717) is 19.0 Å². The molecule has 0 aliphatic heterocycles. The maximum absolute atomic E-state index is 5.94. The van der Waals surface area contributed by atoms with Crippen molar-refractivity contribution < 1.29 is 4.74 Å². The van der Waals surface area contributed by atoms with Gasteiger partial charge in [-0.1, -0.05) is 18.2 Å². The number of nitrogens with one attached hydrogen (secondary N) is 2. The van der Waals surface area contributed by atoms with Crippen molar-refractivity contribution in [3.05, 3.63) is 60.7 Å². The molecular formula is C21H26IN5O. The van der Waals surface area contributed by atoms with Crippen molar-refractivity contribution in [3.8, 4) is 5.75 Å². The third-order valence-corrected chi connectivity index (χ3v) is 3.80. The first kappa shape index (κ1) is 21.7. The Labute approximate surface area is 182 Å². The summed E-state index contributed by atoms with van der Waals surface area (Å²) in [7, 11) is 0. The summed E-state index contributed by atoms with van der Waals surface area (Å²) in [5.41, 5.74) is 7.78. The molecule has 2 aromatic carbocycles. The largest absolute Gasteiger partial charge is 0.491 e. The van der Waals surface area contributed by atoms with Crippen LogP contribution >= 0.6 is 24.0 Å². The number of nitrogens with two attached hydrogens (primary N) is 1. The molecule has 0 unspecified atom stereocenters. The van der Waals surface area contributed by atoms with E-state index in [-0.39, 0.29) is 30.1 Å². The van der Waals surface area contributed by atoms with Crippen LogP contribution in [-0.4, -0.2) is 30.1 Å². The average molecular weight is 491 g/mol. The average Bonchev–Trinajstić information content (AvgIpc) is 2.66. The van der Waals surface area contributed by atoms with Crippen LogP contribution in [0.1, 0.15) is 13.8 Å². The van der Waals surface area contributed by atoms with Gasteiger partial charge in [-0.2, -0.15) is 0 Å². The molecule has 0 aliphatic carbocycles. The van der Waals surface area contributed by atoms with Gasteiger partial charge in [-0.05, 0) is 56.3 Å². The van der Waals surface area contributed by atoms with E-state index >= 15 is 0 Å². The summed E-state index contributed by atoms with van der Waals surface area (Å²) in [6, 6.07) is 19.7. The molecule has 1 aromatic heterocycles. The predicted molar refractivity (Wildman–Crippen MR) is 128 cm³/mol. The third kappa shape index (κ3) is 6.56. The van der Waals surface area contributed by atoms with Crippen molar-refractivity contribution in [1.29, 1.82) is 0 Å². The van der Waals surface area contributed by atoms with Crippen molar-refractivity contribution in [2.24, 2.45) is 10.7 Å². The molecule has 0 saturated heterocycles. The number of pyridine rings is 1. The minimum Gasteiger partial charge on any atom is -0.491 e. The summed E-state index contributed by atoms with van der Waals surface area (Å²) in [4.78, 5) is 8.90. The van der Waals surface area contributed by atoms with E-state index in [1.54, 1.807) is 0 Å². The topological polar surface area (TPSA) is 84.6 Å². The number of hydrogen-bond donors (Lipinski definition) is 3. The standard InChI is InChI=1S/C21H25N5O.HI/c1-15(2)27-18-10-8-17(9-11-18)25-21(22)24-14-13-23-20-12-7-16-5-3-4-6-19(16)26-20;/h3-12,15H,13-14H2,1-2H3,(H,23,26)(H3,22,24,25);1H. The van der Waals surface area contributed by atoms with Gasteiger partial charge in [0.2, 0.25) is 0 Å². The molecule has 0 aliphatic rings. The van der Waals surface area contributed by atoms with Crippen LogP contribution in [0.25, 0.3) is 10.9 Å². The lowest BCUT2D eigenvalue weighted by molar-refractivity contribution is 0.242. The Bertz CT molecular complexity index is 912. The number of aromatic nitrogens is 1. The number of fused-ring (bicyclic) bond motifs is 1. The SMILES string of the molecule is CC(C)Oc1ccc(NC(N)=NCCNc2ccc3ccccc3n2)cc1.I. The van der Waals surface area contributed by atoms with Crippen LogP contribution in [0, 0.1) is 0 Å². The highest BCUT2D eigenvalue weighted by Gasteiger charge is 2.00. The molecule has 3 rings (SSSR count). The highest BCUT2D eigenvalue weighted by molar-refractivity contribution is 14.0. The first-order valence-corrected chi connectivity index (χ1v) is 9.03. The van der Waals surface area contributed by atoms with E-state index < -0.39 is 0 Å². The van der Waals surface area contributed by atoms with E-state index in [9.17, 15) is 0 Å². The fourth-order valence-corrected chi connectivity index (χ4v) is 2.60. The molecule has 0 fully saturated rings. The van der Waals surface area contributed by atoms with Crippen molar-refractivity contribution in [1.82, 2.24) is 4.98 Å². The number of para-hydroxylation sites is 1. The molecule has 4 N–H and O–H groups in total. The van der Waals surface area contributed by atoms with Crippen LogP contribution in [0.3, 0.4) is 0 Å². The molecule has 0 bridgehead atoms. The lowest BCUT2D eigenvalue weighted by Crippen LogP contribution is -2.23. The zero-order valence-corrected chi connectivity index (χ0v) is 18.4. The number of nitrogens with zero attached hydrogens (tertiary/aromatic N) is 2. The molecule has 0 atom stereocenters. The van der Waals surface area contributed by atoms with Crippen LogP contribution in [-0.2, 0) is 0 Å². The van der Waals surface area contributed by atoms with Gasteiger partial charge in [0.15, 0.2) is 5.96 Å². The minimum absolute atomic E-state index is 0. The number of guanidine groups is 1. The molecule has 0 saturated carbocycles. The first-order valence-electron chi connectivity index (χ1n) is 9.03. The Morgan fingerprint density at radius 1 is 1.07 bits per heavy atom. The summed E-state index contributed by atoms with van der Waals surface area (Å²) in [6.45, 7) is 5.19. The highest BCUT2D eigenvalue weighted by Crippen LogP contribution is 2.17. The summed E-state index contributed by atoms with van der Waals surface area (Å²) in [5.74, 6) is 2.04. The second-order valence-corrected chi connectivity index (χ2v) is 6.40. The highest BCUT2D eigenvalue weighted by atomic mass is 127. The van der Waals surface area contributed by atoms with Crippen molar-refractivity contribution in [2.45, 2.75) is 20.0 Å². The van der Waals surface area contributed by atoms with Crippen LogP contribution in [0.4, 0.5) is 11.5 Å². The third-order valence-electron chi connectivity index (χ3n) is 3.80. The van der Waals surface area contributed by atoms with E-state index in [1.807, 2.05) is 68.4 Å². The smallest absolute Gasteiger partial charge is 0.193 e. The molecule has 1 heterocycles. The number of benzene rings is 2. The van der Waals surface area contributed by atoms with Crippen LogP contribution in [0.2, 0.25) is 0 Å². The summed E-state index contributed by atoms with van der Waals surface area (Å²) < 4.78 is 5.62. The van der Waals surface area contributed by atoms with Gasteiger partial charge < -0.3 is 21.1 Å². The molecule has 148 valence electrons. The monoisotopic (exact) mass is 491 g/mol. The van der Waals surface area contributed by atoms with Gasteiger partial charge >= 0.3 is 0 Å². The maximum atomic E-state index is 5.94. The van der Waals surface area contributed by atoms with Crippen molar-refractivity contribution >= 4 is 52.3 Å².